The van der Waals surface area contributed by atoms with Crippen molar-refractivity contribution in [3.05, 3.63) is 100 Å². The second-order valence-electron chi connectivity index (χ2n) is 7.63. The van der Waals surface area contributed by atoms with Gasteiger partial charge in [-0.15, -0.1) is 0 Å². The number of nitrogens with one attached hydrogen (secondary N) is 1. The molecule has 0 aliphatic carbocycles. The van der Waals surface area contributed by atoms with Gasteiger partial charge >= 0.3 is 0 Å². The summed E-state index contributed by atoms with van der Waals surface area (Å²) >= 11 is 0. The first-order valence-corrected chi connectivity index (χ1v) is 10.6. The maximum absolute atomic E-state index is 14.0. The van der Waals surface area contributed by atoms with Crippen LogP contribution in [0.3, 0.4) is 0 Å². The number of aryl methyl sites for hydroxylation is 1. The Bertz CT molecular complexity index is 1040. The maximum atomic E-state index is 14.0. The van der Waals surface area contributed by atoms with Crippen molar-refractivity contribution >= 4 is 5.91 Å². The molecule has 0 fully saturated rings. The van der Waals surface area contributed by atoms with E-state index in [1.807, 2.05) is 24.3 Å². The van der Waals surface area contributed by atoms with Gasteiger partial charge in [-0.1, -0.05) is 61.5 Å². The van der Waals surface area contributed by atoms with Gasteiger partial charge in [0.2, 0.25) is 5.91 Å². The van der Waals surface area contributed by atoms with Crippen LogP contribution in [0.15, 0.2) is 66.7 Å². The van der Waals surface area contributed by atoms with E-state index in [1.165, 1.54) is 17.2 Å². The largest absolute Gasteiger partial charge is 0.489 e. The quantitative estimate of drug-likeness (QED) is 0.507. The molecule has 162 valence electrons. The summed E-state index contributed by atoms with van der Waals surface area (Å²) in [5.74, 6) is 0.0597. The van der Waals surface area contributed by atoms with Crippen LogP contribution >= 0.6 is 0 Å². The molecule has 3 rings (SSSR count). The molecule has 0 unspecified atom stereocenters. The topological polar surface area (TPSA) is 64.3 Å². The van der Waals surface area contributed by atoms with Crippen LogP contribution in [-0.4, -0.2) is 11.9 Å². The van der Waals surface area contributed by atoms with Crippen LogP contribution < -0.4 is 15.8 Å². The second kappa shape index (κ2) is 10.7. The minimum Gasteiger partial charge on any atom is -0.489 e. The average molecular weight is 421 g/mol. The van der Waals surface area contributed by atoms with E-state index in [9.17, 15) is 9.18 Å². The Kier molecular flexibility index (Phi) is 7.79. The molecule has 31 heavy (non-hydrogen) atoms. The molecule has 0 aliphatic rings. The molecule has 0 radical (unpaired) electrons. The zero-order chi connectivity index (χ0) is 22.2. The third-order valence-electron chi connectivity index (χ3n) is 5.39. The lowest BCUT2D eigenvalue weighted by atomic mass is 9.96. The normalized spacial score (nSPS) is 11.8. The maximum Gasteiger partial charge on any atom is 0.234 e. The van der Waals surface area contributed by atoms with E-state index in [0.29, 0.717) is 18.5 Å². The molecule has 3 aromatic carbocycles. The van der Waals surface area contributed by atoms with E-state index in [4.69, 9.17) is 10.5 Å². The Balaban J connectivity index is 1.85. The van der Waals surface area contributed by atoms with Crippen LogP contribution in [0.1, 0.15) is 41.7 Å². The third kappa shape index (κ3) is 6.15. The van der Waals surface area contributed by atoms with Crippen molar-refractivity contribution in [2.45, 2.75) is 45.9 Å². The van der Waals surface area contributed by atoms with Gasteiger partial charge in [0.15, 0.2) is 0 Å². The van der Waals surface area contributed by atoms with E-state index in [1.54, 1.807) is 25.1 Å². The highest BCUT2D eigenvalue weighted by Gasteiger charge is 2.12. The first-order chi connectivity index (χ1) is 15.0. The van der Waals surface area contributed by atoms with Gasteiger partial charge < -0.3 is 15.8 Å². The predicted octanol–water partition coefficient (Wildman–Crippen LogP) is 4.52. The van der Waals surface area contributed by atoms with Crippen LogP contribution in [0.5, 0.6) is 5.75 Å². The average Bonchev–Trinajstić information content (AvgIpc) is 2.78. The SMILES string of the molecule is CCc1ccccc1Cc1cc(CN[C@@H](C)C(N)=O)ccc1OCc1ccccc1F. The summed E-state index contributed by atoms with van der Waals surface area (Å²) in [4.78, 5) is 11.3. The molecule has 1 amide bonds. The summed E-state index contributed by atoms with van der Waals surface area (Å²) in [6.07, 6.45) is 1.65. The number of benzene rings is 3. The summed E-state index contributed by atoms with van der Waals surface area (Å²) in [6, 6.07) is 20.5. The first kappa shape index (κ1) is 22.5. The van der Waals surface area contributed by atoms with E-state index in [0.717, 1.165) is 23.3 Å². The van der Waals surface area contributed by atoms with Gasteiger partial charge in [0.1, 0.15) is 18.2 Å². The number of primary amides is 1. The van der Waals surface area contributed by atoms with Crippen molar-refractivity contribution in [1.29, 1.82) is 0 Å². The molecule has 0 heterocycles. The zero-order valence-electron chi connectivity index (χ0n) is 18.0. The van der Waals surface area contributed by atoms with Crippen LogP contribution in [0.25, 0.3) is 0 Å². The van der Waals surface area contributed by atoms with Gasteiger partial charge in [0.25, 0.3) is 0 Å². The fourth-order valence-electron chi connectivity index (χ4n) is 3.44. The summed E-state index contributed by atoms with van der Waals surface area (Å²) < 4.78 is 20.1. The molecule has 5 heteroatoms. The predicted molar refractivity (Wildman–Crippen MR) is 121 cm³/mol. The van der Waals surface area contributed by atoms with Gasteiger partial charge in [-0.3, -0.25) is 4.79 Å². The van der Waals surface area contributed by atoms with E-state index >= 15 is 0 Å². The van der Waals surface area contributed by atoms with Crippen molar-refractivity contribution in [1.82, 2.24) is 5.32 Å². The lowest BCUT2D eigenvalue weighted by molar-refractivity contribution is -0.119. The molecule has 3 N–H and O–H groups in total. The van der Waals surface area contributed by atoms with Crippen molar-refractivity contribution in [3.63, 3.8) is 0 Å². The van der Waals surface area contributed by atoms with Crippen molar-refractivity contribution in [2.24, 2.45) is 5.73 Å². The smallest absolute Gasteiger partial charge is 0.234 e. The standard InChI is InChI=1S/C26H29FN2O2/c1-3-20-8-4-5-9-21(20)15-23-14-19(16-29-18(2)26(28)30)12-13-25(23)31-17-22-10-6-7-11-24(22)27/h4-14,18,29H,3,15-17H2,1-2H3,(H2,28,30)/t18-/m0/s1. The Morgan fingerprint density at radius 1 is 1.00 bits per heavy atom. The number of hydrogen-bond donors (Lipinski definition) is 2. The number of nitrogens with two attached hydrogens (primary N) is 1. The van der Waals surface area contributed by atoms with Crippen LogP contribution in [-0.2, 0) is 30.8 Å². The van der Waals surface area contributed by atoms with Gasteiger partial charge in [-0.05, 0) is 47.7 Å². The van der Waals surface area contributed by atoms with Gasteiger partial charge in [-0.2, -0.15) is 0 Å². The number of ether oxygens (including phenoxy) is 1. The highest BCUT2D eigenvalue weighted by molar-refractivity contribution is 5.79. The number of carbonyl (C=O) groups excluding carboxylic acids is 1. The Morgan fingerprint density at radius 3 is 2.35 bits per heavy atom. The molecular weight excluding hydrogens is 391 g/mol. The molecule has 0 spiro atoms. The van der Waals surface area contributed by atoms with Gasteiger partial charge in [0, 0.05) is 18.5 Å². The van der Waals surface area contributed by atoms with Crippen molar-refractivity contribution < 1.29 is 13.9 Å². The fraction of sp³-hybridized carbons (Fsp3) is 0.269. The molecule has 3 aromatic rings. The van der Waals surface area contributed by atoms with Crippen LogP contribution in [0, 0.1) is 5.82 Å². The highest BCUT2D eigenvalue weighted by Crippen LogP contribution is 2.26. The summed E-state index contributed by atoms with van der Waals surface area (Å²) in [7, 11) is 0. The Hall–Kier alpha value is -3.18. The second-order valence-corrected chi connectivity index (χ2v) is 7.63. The Morgan fingerprint density at radius 2 is 1.68 bits per heavy atom. The fourth-order valence-corrected chi connectivity index (χ4v) is 3.44. The van der Waals surface area contributed by atoms with E-state index in [-0.39, 0.29) is 18.3 Å². The minimum atomic E-state index is -0.416. The molecule has 0 aliphatic heterocycles. The molecule has 0 saturated carbocycles. The third-order valence-corrected chi connectivity index (χ3v) is 5.39. The molecule has 0 bridgehead atoms. The van der Waals surface area contributed by atoms with Gasteiger partial charge in [0.05, 0.1) is 6.04 Å². The number of amides is 1. The van der Waals surface area contributed by atoms with Gasteiger partial charge in [-0.25, -0.2) is 4.39 Å². The van der Waals surface area contributed by atoms with Crippen molar-refractivity contribution in [3.8, 4) is 5.75 Å². The number of hydrogen-bond acceptors (Lipinski definition) is 3. The molecule has 0 aromatic heterocycles. The molecule has 0 saturated heterocycles. The number of carbonyl (C=O) groups is 1. The van der Waals surface area contributed by atoms with E-state index < -0.39 is 6.04 Å². The summed E-state index contributed by atoms with van der Waals surface area (Å²) in [5.41, 5.74) is 10.4. The monoisotopic (exact) mass is 420 g/mol. The van der Waals surface area contributed by atoms with Crippen LogP contribution in [0.2, 0.25) is 0 Å². The number of halogens is 1. The highest BCUT2D eigenvalue weighted by atomic mass is 19.1. The lowest BCUT2D eigenvalue weighted by Gasteiger charge is -2.16. The zero-order valence-corrected chi connectivity index (χ0v) is 18.0. The molecule has 4 nitrogen and oxygen atoms in total. The lowest BCUT2D eigenvalue weighted by Crippen LogP contribution is -2.38. The molecule has 1 atom stereocenters. The molecular formula is C26H29FN2O2. The van der Waals surface area contributed by atoms with Crippen molar-refractivity contribution in [2.75, 3.05) is 0 Å². The number of rotatable bonds is 10. The summed E-state index contributed by atoms with van der Waals surface area (Å²) in [5, 5.41) is 3.13. The van der Waals surface area contributed by atoms with E-state index in [2.05, 4.69) is 30.4 Å². The minimum absolute atomic E-state index is 0.158. The van der Waals surface area contributed by atoms with Crippen LogP contribution in [0.4, 0.5) is 4.39 Å². The first-order valence-electron chi connectivity index (χ1n) is 10.6. The Labute approximate surface area is 183 Å². The summed E-state index contributed by atoms with van der Waals surface area (Å²) in [6.45, 7) is 4.55.